The van der Waals surface area contributed by atoms with E-state index in [2.05, 4.69) is 9.72 Å². The number of esters is 1. The molecule has 1 aromatic heterocycles. The third kappa shape index (κ3) is 3.29. The smallest absolute Gasteiger partial charge is 0.410 e. The summed E-state index contributed by atoms with van der Waals surface area (Å²) in [4.78, 5) is 29.0. The largest absolute Gasteiger partial charge is 0.464 e. The number of methoxy groups -OCH3 is 1. The zero-order chi connectivity index (χ0) is 15.8. The fraction of sp³-hybridized carbons (Fsp3) is 0.615. The van der Waals surface area contributed by atoms with E-state index in [-0.39, 0.29) is 23.0 Å². The van der Waals surface area contributed by atoms with E-state index in [0.29, 0.717) is 13.1 Å². The van der Waals surface area contributed by atoms with Crippen molar-refractivity contribution in [3.05, 3.63) is 17.2 Å². The van der Waals surface area contributed by atoms with Gasteiger partial charge in [0.05, 0.1) is 19.5 Å². The first-order valence-corrected chi connectivity index (χ1v) is 6.89. The summed E-state index contributed by atoms with van der Waals surface area (Å²) in [5.41, 5.74) is -0.328. The molecule has 8 heteroatoms. The zero-order valence-corrected chi connectivity index (χ0v) is 13.2. The van der Waals surface area contributed by atoms with Gasteiger partial charge in [-0.15, -0.1) is 0 Å². The van der Waals surface area contributed by atoms with E-state index in [1.807, 2.05) is 20.8 Å². The summed E-state index contributed by atoms with van der Waals surface area (Å²) in [6.07, 6.45) is 1.11. The van der Waals surface area contributed by atoms with Crippen molar-refractivity contribution in [3.8, 4) is 0 Å². The van der Waals surface area contributed by atoms with Gasteiger partial charge in [-0.05, 0) is 20.8 Å². The van der Waals surface area contributed by atoms with Crippen LogP contribution in [-0.2, 0) is 9.47 Å². The fourth-order valence-electron chi connectivity index (χ4n) is 2.01. The van der Waals surface area contributed by atoms with E-state index in [1.54, 1.807) is 9.47 Å². The molecule has 7 nitrogen and oxygen atoms in total. The first kappa shape index (κ1) is 15.6. The Labute approximate surface area is 127 Å². The molecule has 0 spiro atoms. The second kappa shape index (κ2) is 5.55. The molecule has 1 aromatic rings. The number of hydrogen-bond donors (Lipinski definition) is 0. The highest BCUT2D eigenvalue weighted by Crippen LogP contribution is 2.27. The molecule has 21 heavy (non-hydrogen) atoms. The number of imidazole rings is 1. The predicted octanol–water partition coefficient (Wildman–Crippen LogP) is 2.11. The lowest BCUT2D eigenvalue weighted by molar-refractivity contribution is 0.000654. The molecule has 1 fully saturated rings. The number of carbonyl (C=O) groups excluding carboxylic acids is 2. The van der Waals surface area contributed by atoms with Crippen LogP contribution in [0, 0.1) is 0 Å². The van der Waals surface area contributed by atoms with Gasteiger partial charge in [-0.25, -0.2) is 14.6 Å². The average molecular weight is 316 g/mol. The van der Waals surface area contributed by atoms with Crippen molar-refractivity contribution in [1.82, 2.24) is 14.5 Å². The SMILES string of the molecule is COC(=O)c1c(Cl)ncn1C1CN(C(=O)OC(C)(C)C)C1. The van der Waals surface area contributed by atoms with Crippen LogP contribution in [0.5, 0.6) is 0 Å². The van der Waals surface area contributed by atoms with Crippen molar-refractivity contribution in [3.63, 3.8) is 0 Å². The van der Waals surface area contributed by atoms with Gasteiger partial charge >= 0.3 is 12.1 Å². The van der Waals surface area contributed by atoms with E-state index >= 15 is 0 Å². The molecule has 0 atom stereocenters. The Hall–Kier alpha value is -1.76. The van der Waals surface area contributed by atoms with Gasteiger partial charge in [0.25, 0.3) is 0 Å². The van der Waals surface area contributed by atoms with Crippen molar-refractivity contribution in [2.24, 2.45) is 0 Å². The van der Waals surface area contributed by atoms with Gasteiger partial charge in [-0.2, -0.15) is 0 Å². The first-order chi connectivity index (χ1) is 9.73. The van der Waals surface area contributed by atoms with Crippen molar-refractivity contribution in [2.45, 2.75) is 32.4 Å². The minimum Gasteiger partial charge on any atom is -0.464 e. The van der Waals surface area contributed by atoms with Crippen LogP contribution in [0.3, 0.4) is 0 Å². The van der Waals surface area contributed by atoms with Crippen LogP contribution >= 0.6 is 11.6 Å². The first-order valence-electron chi connectivity index (χ1n) is 6.51. The predicted molar refractivity (Wildman–Crippen MR) is 75.4 cm³/mol. The van der Waals surface area contributed by atoms with E-state index in [1.165, 1.54) is 13.4 Å². The van der Waals surface area contributed by atoms with Gasteiger partial charge in [-0.1, -0.05) is 11.6 Å². The Morgan fingerprint density at radius 3 is 2.52 bits per heavy atom. The molecule has 1 aliphatic heterocycles. The number of halogens is 1. The molecule has 1 amide bonds. The fourth-order valence-corrected chi connectivity index (χ4v) is 2.23. The Balaban J connectivity index is 2.02. The van der Waals surface area contributed by atoms with E-state index in [9.17, 15) is 9.59 Å². The summed E-state index contributed by atoms with van der Waals surface area (Å²) >= 11 is 5.89. The number of ether oxygens (including phenoxy) is 2. The van der Waals surface area contributed by atoms with Gasteiger partial charge in [0.15, 0.2) is 10.8 Å². The molecule has 0 saturated carbocycles. The lowest BCUT2D eigenvalue weighted by atomic mass is 10.1. The van der Waals surface area contributed by atoms with Crippen LogP contribution in [0.15, 0.2) is 6.33 Å². The lowest BCUT2D eigenvalue weighted by Gasteiger charge is -2.40. The van der Waals surface area contributed by atoms with Gasteiger partial charge in [0.2, 0.25) is 0 Å². The molecule has 0 unspecified atom stereocenters. The summed E-state index contributed by atoms with van der Waals surface area (Å²) < 4.78 is 11.6. The van der Waals surface area contributed by atoms with Gasteiger partial charge < -0.3 is 18.9 Å². The van der Waals surface area contributed by atoms with Crippen LogP contribution in [0.1, 0.15) is 37.3 Å². The average Bonchev–Trinajstić information content (AvgIpc) is 2.66. The minimum atomic E-state index is -0.548. The minimum absolute atomic E-state index is 0.0633. The molecule has 0 aromatic carbocycles. The van der Waals surface area contributed by atoms with E-state index in [0.717, 1.165) is 0 Å². The topological polar surface area (TPSA) is 73.7 Å². The molecule has 2 heterocycles. The van der Waals surface area contributed by atoms with Crippen LogP contribution in [0.2, 0.25) is 5.15 Å². The van der Waals surface area contributed by atoms with Crippen LogP contribution in [0.25, 0.3) is 0 Å². The highest BCUT2D eigenvalue weighted by molar-refractivity contribution is 6.32. The lowest BCUT2D eigenvalue weighted by Crippen LogP contribution is -2.52. The van der Waals surface area contributed by atoms with Gasteiger partial charge in [0.1, 0.15) is 5.60 Å². The standard InChI is InChI=1S/C13H18ClN3O4/c1-13(2,3)21-12(19)16-5-8(6-16)17-7-15-10(14)9(17)11(18)20-4/h7-8H,5-6H2,1-4H3. The molecule has 0 bridgehead atoms. The number of likely N-dealkylation sites (tertiary alicyclic amines) is 1. The van der Waals surface area contributed by atoms with E-state index < -0.39 is 11.6 Å². The Bertz CT molecular complexity index is 558. The van der Waals surface area contributed by atoms with Crippen LogP contribution in [0.4, 0.5) is 4.79 Å². The number of carbonyl (C=O) groups is 2. The summed E-state index contributed by atoms with van der Waals surface area (Å²) in [5, 5.41) is 0.0950. The highest BCUT2D eigenvalue weighted by atomic mass is 35.5. The summed E-state index contributed by atoms with van der Waals surface area (Å²) in [6.45, 7) is 6.31. The maximum Gasteiger partial charge on any atom is 0.410 e. The van der Waals surface area contributed by atoms with Crippen molar-refractivity contribution in [2.75, 3.05) is 20.2 Å². The third-order valence-electron chi connectivity index (χ3n) is 3.04. The second-order valence-electron chi connectivity index (χ2n) is 5.82. The number of amides is 1. The number of nitrogens with zero attached hydrogens (tertiary/aromatic N) is 3. The molecule has 0 aliphatic carbocycles. The van der Waals surface area contributed by atoms with Crippen molar-refractivity contribution < 1.29 is 19.1 Å². The Kier molecular flexibility index (Phi) is 4.13. The second-order valence-corrected chi connectivity index (χ2v) is 6.18. The molecular formula is C13H18ClN3O4. The van der Waals surface area contributed by atoms with Gasteiger partial charge in [0, 0.05) is 13.1 Å². The van der Waals surface area contributed by atoms with Crippen LogP contribution in [-0.4, -0.2) is 52.3 Å². The quantitative estimate of drug-likeness (QED) is 0.781. The molecule has 0 N–H and O–H groups in total. The number of hydrogen-bond acceptors (Lipinski definition) is 5. The molecule has 1 saturated heterocycles. The Morgan fingerprint density at radius 1 is 1.38 bits per heavy atom. The van der Waals surface area contributed by atoms with E-state index in [4.69, 9.17) is 16.3 Å². The molecule has 2 rings (SSSR count). The summed E-state index contributed by atoms with van der Waals surface area (Å²) in [5.74, 6) is -0.548. The van der Waals surface area contributed by atoms with Gasteiger partial charge in [-0.3, -0.25) is 0 Å². The third-order valence-corrected chi connectivity index (χ3v) is 3.31. The normalized spacial score (nSPS) is 15.6. The molecule has 1 aliphatic rings. The summed E-state index contributed by atoms with van der Waals surface area (Å²) in [7, 11) is 1.28. The zero-order valence-electron chi connectivity index (χ0n) is 12.4. The van der Waals surface area contributed by atoms with Crippen molar-refractivity contribution >= 4 is 23.7 Å². The number of aromatic nitrogens is 2. The summed E-state index contributed by atoms with van der Waals surface area (Å²) in [6, 6.07) is -0.0633. The maximum absolute atomic E-state index is 11.9. The maximum atomic E-state index is 11.9. The number of rotatable bonds is 2. The Morgan fingerprint density at radius 2 is 2.00 bits per heavy atom. The molecule has 0 radical (unpaired) electrons. The molecule has 116 valence electrons. The van der Waals surface area contributed by atoms with Crippen LogP contribution < -0.4 is 0 Å². The monoisotopic (exact) mass is 315 g/mol. The van der Waals surface area contributed by atoms with Crippen molar-refractivity contribution in [1.29, 1.82) is 0 Å². The molecular weight excluding hydrogens is 298 g/mol. The highest BCUT2D eigenvalue weighted by Gasteiger charge is 2.37.